The van der Waals surface area contributed by atoms with E-state index in [0.717, 1.165) is 17.4 Å². The van der Waals surface area contributed by atoms with Gasteiger partial charge in [-0.1, -0.05) is 62.7 Å². The molecule has 156 valence electrons. The van der Waals surface area contributed by atoms with E-state index in [0.29, 0.717) is 12.2 Å². The maximum absolute atomic E-state index is 13.4. The van der Waals surface area contributed by atoms with Crippen molar-refractivity contribution < 1.29 is 18.3 Å². The van der Waals surface area contributed by atoms with E-state index in [9.17, 15) is 18.3 Å². The Labute approximate surface area is 176 Å². The lowest BCUT2D eigenvalue weighted by Crippen LogP contribution is -2.39. The number of sulfone groups is 1. The Morgan fingerprint density at radius 3 is 2.47 bits per heavy atom. The van der Waals surface area contributed by atoms with E-state index in [4.69, 9.17) is 0 Å². The lowest BCUT2D eigenvalue weighted by molar-refractivity contribution is -0.128. The maximum Gasteiger partial charge on any atom is 0.260 e. The van der Waals surface area contributed by atoms with Crippen LogP contribution >= 0.6 is 0 Å². The van der Waals surface area contributed by atoms with Gasteiger partial charge in [-0.25, -0.2) is 8.42 Å². The smallest absolute Gasteiger partial charge is 0.260 e. The molecule has 2 atom stereocenters. The van der Waals surface area contributed by atoms with Crippen molar-refractivity contribution in [1.29, 1.82) is 0 Å². The molecule has 2 heterocycles. The fourth-order valence-corrected chi connectivity index (χ4v) is 5.32. The third-order valence-electron chi connectivity index (χ3n) is 5.73. The summed E-state index contributed by atoms with van der Waals surface area (Å²) in [6.07, 6.45) is 0.758. The minimum absolute atomic E-state index is 0.00301. The Morgan fingerprint density at radius 1 is 1.10 bits per heavy atom. The number of anilines is 1. The molecule has 0 spiro atoms. The van der Waals surface area contributed by atoms with Crippen LogP contribution in [0, 0.1) is 5.92 Å². The molecule has 7 heteroatoms. The first-order valence-corrected chi connectivity index (χ1v) is 11.5. The summed E-state index contributed by atoms with van der Waals surface area (Å²) in [5.74, 6) is -0.461. The summed E-state index contributed by atoms with van der Waals surface area (Å²) in [6, 6.07) is 15.6. The Balaban J connectivity index is 1.77. The van der Waals surface area contributed by atoms with Crippen LogP contribution in [0.4, 0.5) is 5.69 Å². The van der Waals surface area contributed by atoms with Crippen LogP contribution in [0.5, 0.6) is 0 Å². The van der Waals surface area contributed by atoms with Crippen LogP contribution in [0.1, 0.15) is 25.8 Å². The number of rotatable bonds is 5. The van der Waals surface area contributed by atoms with E-state index in [2.05, 4.69) is 5.32 Å². The molecule has 2 N–H and O–H groups in total. The standard InChI is InChI=1S/C23H24N2O4S/c1-3-15(2)21-22(26)20(23(27)25(21)13-16-9-5-4-6-10-16)18-14-30(28,29)19-12-8-7-11-17(19)24-18/h4-12,14-15,21,24,26H,3,13H2,1-2H3. The number of benzene rings is 2. The van der Waals surface area contributed by atoms with E-state index >= 15 is 0 Å². The fraction of sp³-hybridized carbons (Fsp3) is 0.261. The number of carbonyl (C=O) groups is 1. The first-order chi connectivity index (χ1) is 14.3. The predicted molar refractivity (Wildman–Crippen MR) is 115 cm³/mol. The van der Waals surface area contributed by atoms with Gasteiger partial charge in [0.15, 0.2) is 0 Å². The molecule has 2 aliphatic heterocycles. The van der Waals surface area contributed by atoms with Gasteiger partial charge in [0.1, 0.15) is 11.3 Å². The van der Waals surface area contributed by atoms with Gasteiger partial charge in [-0.15, -0.1) is 0 Å². The number of amides is 1. The Hall–Kier alpha value is -3.06. The quantitative estimate of drug-likeness (QED) is 0.758. The molecule has 6 nitrogen and oxygen atoms in total. The Morgan fingerprint density at radius 2 is 1.77 bits per heavy atom. The normalized spacial score (nSPS) is 21.1. The van der Waals surface area contributed by atoms with Gasteiger partial charge in [-0.05, 0) is 23.6 Å². The van der Waals surface area contributed by atoms with Crippen LogP contribution in [-0.4, -0.2) is 30.4 Å². The zero-order valence-electron chi connectivity index (χ0n) is 16.9. The topological polar surface area (TPSA) is 86.7 Å². The van der Waals surface area contributed by atoms with Gasteiger partial charge in [0.2, 0.25) is 9.84 Å². The van der Waals surface area contributed by atoms with Crippen molar-refractivity contribution >= 4 is 21.4 Å². The summed E-state index contributed by atoms with van der Waals surface area (Å²) in [6.45, 7) is 4.31. The molecule has 2 aromatic rings. The summed E-state index contributed by atoms with van der Waals surface area (Å²) in [5, 5.41) is 15.2. The number of hydrogen-bond acceptors (Lipinski definition) is 5. The summed E-state index contributed by atoms with van der Waals surface area (Å²) >= 11 is 0. The molecule has 30 heavy (non-hydrogen) atoms. The van der Waals surface area contributed by atoms with Crippen LogP contribution in [0.2, 0.25) is 0 Å². The van der Waals surface area contributed by atoms with Crippen molar-refractivity contribution in [3.63, 3.8) is 0 Å². The van der Waals surface area contributed by atoms with Crippen LogP contribution in [0.25, 0.3) is 0 Å². The third-order valence-corrected chi connectivity index (χ3v) is 7.25. The van der Waals surface area contributed by atoms with Crippen LogP contribution < -0.4 is 5.32 Å². The summed E-state index contributed by atoms with van der Waals surface area (Å²) in [5.41, 5.74) is 1.47. The Kier molecular flexibility index (Phi) is 5.15. The average Bonchev–Trinajstić information content (AvgIpc) is 2.97. The number of para-hydroxylation sites is 1. The van der Waals surface area contributed by atoms with Gasteiger partial charge in [0.05, 0.1) is 27.7 Å². The molecule has 0 aliphatic carbocycles. The van der Waals surface area contributed by atoms with Crippen molar-refractivity contribution in [3.8, 4) is 0 Å². The highest BCUT2D eigenvalue weighted by atomic mass is 32.2. The van der Waals surface area contributed by atoms with Crippen molar-refractivity contribution in [2.75, 3.05) is 5.32 Å². The number of nitrogens with zero attached hydrogens (tertiary/aromatic N) is 1. The second-order valence-electron chi connectivity index (χ2n) is 7.71. The van der Waals surface area contributed by atoms with Gasteiger partial charge < -0.3 is 15.3 Å². The lowest BCUT2D eigenvalue weighted by Gasteiger charge is -2.29. The number of carbonyl (C=O) groups excluding carboxylic acids is 1. The summed E-state index contributed by atoms with van der Waals surface area (Å²) in [4.78, 5) is 15.2. The molecular weight excluding hydrogens is 400 g/mol. The number of aliphatic hydroxyl groups is 1. The van der Waals surface area contributed by atoms with E-state index in [1.807, 2.05) is 44.2 Å². The van der Waals surface area contributed by atoms with Gasteiger partial charge in [0, 0.05) is 6.54 Å². The second kappa shape index (κ2) is 7.65. The van der Waals surface area contributed by atoms with E-state index in [1.54, 1.807) is 23.1 Å². The molecule has 1 amide bonds. The zero-order chi connectivity index (χ0) is 21.5. The van der Waals surface area contributed by atoms with Crippen molar-refractivity contribution in [3.05, 3.63) is 82.6 Å². The van der Waals surface area contributed by atoms with E-state index < -0.39 is 15.9 Å². The molecule has 0 aromatic heterocycles. The largest absolute Gasteiger partial charge is 0.509 e. The SMILES string of the molecule is CCC(C)C1C(O)=C(C2=CS(=O)(=O)c3ccccc3N2)C(=O)N1Cc1ccccc1. The van der Waals surface area contributed by atoms with Gasteiger partial charge >= 0.3 is 0 Å². The zero-order valence-corrected chi connectivity index (χ0v) is 17.7. The first-order valence-electron chi connectivity index (χ1n) is 9.94. The molecule has 0 fully saturated rings. The highest BCUT2D eigenvalue weighted by Crippen LogP contribution is 2.39. The molecule has 2 aliphatic rings. The number of fused-ring (bicyclic) bond motifs is 1. The number of aliphatic hydroxyl groups excluding tert-OH is 1. The van der Waals surface area contributed by atoms with Gasteiger partial charge in [0.25, 0.3) is 5.91 Å². The molecule has 0 radical (unpaired) electrons. The highest BCUT2D eigenvalue weighted by Gasteiger charge is 2.44. The average molecular weight is 425 g/mol. The van der Waals surface area contributed by atoms with Crippen LogP contribution in [-0.2, 0) is 21.2 Å². The molecule has 4 rings (SSSR count). The van der Waals surface area contributed by atoms with Gasteiger partial charge in [-0.2, -0.15) is 0 Å². The third kappa shape index (κ3) is 3.39. The molecule has 0 bridgehead atoms. The first kappa shape index (κ1) is 20.2. The predicted octanol–water partition coefficient (Wildman–Crippen LogP) is 4.00. The molecule has 0 saturated carbocycles. The maximum atomic E-state index is 13.4. The minimum Gasteiger partial charge on any atom is -0.509 e. The van der Waals surface area contributed by atoms with Crippen LogP contribution in [0.15, 0.2) is 81.9 Å². The number of nitrogens with one attached hydrogen (secondary N) is 1. The van der Waals surface area contributed by atoms with Crippen molar-refractivity contribution in [2.45, 2.75) is 37.8 Å². The molecular formula is C23H24N2O4S. The summed E-state index contributed by atoms with van der Waals surface area (Å²) in [7, 11) is -3.74. The fourth-order valence-electron chi connectivity index (χ4n) is 4.01. The second-order valence-corrected chi connectivity index (χ2v) is 9.47. The lowest BCUT2D eigenvalue weighted by atomic mass is 9.96. The molecule has 0 saturated heterocycles. The number of hydrogen-bond donors (Lipinski definition) is 2. The summed E-state index contributed by atoms with van der Waals surface area (Å²) < 4.78 is 25.5. The Bertz CT molecular complexity index is 1150. The van der Waals surface area contributed by atoms with E-state index in [-0.39, 0.29) is 33.7 Å². The molecule has 2 aromatic carbocycles. The molecule has 2 unspecified atom stereocenters. The monoisotopic (exact) mass is 424 g/mol. The van der Waals surface area contributed by atoms with Crippen molar-refractivity contribution in [2.24, 2.45) is 5.92 Å². The highest BCUT2D eigenvalue weighted by molar-refractivity contribution is 7.94. The van der Waals surface area contributed by atoms with Crippen LogP contribution in [0.3, 0.4) is 0 Å². The van der Waals surface area contributed by atoms with Gasteiger partial charge in [-0.3, -0.25) is 4.79 Å². The minimum atomic E-state index is -3.74. The van der Waals surface area contributed by atoms with Crippen molar-refractivity contribution in [1.82, 2.24) is 4.90 Å². The van der Waals surface area contributed by atoms with E-state index in [1.165, 1.54) is 6.07 Å².